The number of amides is 2. The molecule has 2 N–H and O–H groups in total. The van der Waals surface area contributed by atoms with Crippen LogP contribution in [-0.2, 0) is 17.8 Å². The minimum atomic E-state index is -0.411. The smallest absolute Gasteiger partial charge is 0.279 e. The van der Waals surface area contributed by atoms with Gasteiger partial charge < -0.3 is 4.74 Å². The van der Waals surface area contributed by atoms with Crippen LogP contribution in [0.5, 0.6) is 5.75 Å². The van der Waals surface area contributed by atoms with Crippen molar-refractivity contribution >= 4 is 40.6 Å². The lowest BCUT2D eigenvalue weighted by molar-refractivity contribution is -0.117. The minimum absolute atomic E-state index is 0.318. The molecule has 2 heterocycles. The van der Waals surface area contributed by atoms with Gasteiger partial charge in [-0.15, -0.1) is 22.7 Å². The molecule has 0 bridgehead atoms. The Labute approximate surface area is 183 Å². The van der Waals surface area contributed by atoms with E-state index >= 15 is 0 Å². The fourth-order valence-electron chi connectivity index (χ4n) is 2.68. The molecule has 1 aromatic carbocycles. The summed E-state index contributed by atoms with van der Waals surface area (Å²) in [6, 6.07) is 9.21. The first-order chi connectivity index (χ1) is 14.4. The Morgan fingerprint density at radius 1 is 1.17 bits per heavy atom. The number of nitrogens with one attached hydrogen (secondary N) is 2. The summed E-state index contributed by atoms with van der Waals surface area (Å²) in [6.45, 7) is 6.41. The Balaban J connectivity index is 1.46. The number of rotatable bonds is 7. The number of carbonyl (C=O) groups excluding carboxylic acids is 2. The lowest BCUT2D eigenvalue weighted by atomic mass is 10.2. The van der Waals surface area contributed by atoms with Crippen molar-refractivity contribution in [2.45, 2.75) is 33.8 Å². The van der Waals surface area contributed by atoms with Gasteiger partial charge in [-0.2, -0.15) is 0 Å². The van der Waals surface area contributed by atoms with Crippen LogP contribution in [0.1, 0.15) is 43.3 Å². The van der Waals surface area contributed by atoms with Gasteiger partial charge in [-0.3, -0.25) is 20.4 Å². The lowest BCUT2D eigenvalue weighted by Crippen LogP contribution is -2.40. The topological polar surface area (TPSA) is 80.3 Å². The summed E-state index contributed by atoms with van der Waals surface area (Å²) < 4.78 is 5.71. The van der Waals surface area contributed by atoms with Crippen LogP contribution in [-0.4, -0.2) is 16.8 Å². The number of benzene rings is 1. The molecule has 2 aromatic heterocycles. The normalized spacial score (nSPS) is 10.9. The fourth-order valence-corrected chi connectivity index (χ4v) is 4.29. The molecule has 0 saturated heterocycles. The highest BCUT2D eigenvalue weighted by atomic mass is 32.1. The third-order valence-corrected chi connectivity index (χ3v) is 6.43. The van der Waals surface area contributed by atoms with Crippen molar-refractivity contribution in [3.8, 4) is 5.75 Å². The van der Waals surface area contributed by atoms with Crippen molar-refractivity contribution in [1.82, 2.24) is 15.8 Å². The molecule has 0 aliphatic heterocycles. The van der Waals surface area contributed by atoms with Crippen LogP contribution < -0.4 is 15.6 Å². The first-order valence-corrected chi connectivity index (χ1v) is 11.2. The molecular formula is C22H23N3O3S2. The number of aryl methyl sites for hydroxylation is 3. The van der Waals surface area contributed by atoms with Crippen molar-refractivity contribution in [3.63, 3.8) is 0 Å². The Bertz CT molecular complexity index is 1050. The van der Waals surface area contributed by atoms with Gasteiger partial charge in [-0.1, -0.05) is 19.1 Å². The molecule has 0 unspecified atom stereocenters. The molecule has 0 saturated carbocycles. The third-order valence-electron chi connectivity index (χ3n) is 4.23. The molecule has 0 spiro atoms. The van der Waals surface area contributed by atoms with E-state index in [1.165, 1.54) is 22.3 Å². The van der Waals surface area contributed by atoms with Crippen molar-refractivity contribution in [3.05, 3.63) is 73.4 Å². The average Bonchev–Trinajstić information content (AvgIpc) is 3.34. The van der Waals surface area contributed by atoms with Crippen molar-refractivity contribution < 1.29 is 14.3 Å². The minimum Gasteiger partial charge on any atom is -0.487 e. The number of thiazole rings is 1. The molecular weight excluding hydrogens is 418 g/mol. The second-order valence-corrected chi connectivity index (χ2v) is 8.76. The summed E-state index contributed by atoms with van der Waals surface area (Å²) in [7, 11) is 0. The first kappa shape index (κ1) is 21.7. The first-order valence-electron chi connectivity index (χ1n) is 9.46. The number of hydrazine groups is 1. The number of carbonyl (C=O) groups is 2. The molecule has 2 amide bonds. The van der Waals surface area contributed by atoms with Crippen LogP contribution in [0.2, 0.25) is 0 Å². The number of hydrogen-bond acceptors (Lipinski definition) is 6. The van der Waals surface area contributed by atoms with Gasteiger partial charge in [0.05, 0.1) is 15.6 Å². The van der Waals surface area contributed by atoms with Crippen LogP contribution in [0.25, 0.3) is 6.08 Å². The molecule has 3 aromatic rings. The maximum atomic E-state index is 12.2. The van der Waals surface area contributed by atoms with Gasteiger partial charge in [0.25, 0.3) is 11.8 Å². The molecule has 0 aliphatic rings. The molecule has 156 valence electrons. The van der Waals surface area contributed by atoms with E-state index in [1.807, 2.05) is 56.5 Å². The number of nitrogens with zero attached hydrogens (tertiary/aromatic N) is 1. The van der Waals surface area contributed by atoms with Gasteiger partial charge in [0, 0.05) is 16.3 Å². The summed E-state index contributed by atoms with van der Waals surface area (Å²) in [5.41, 5.74) is 7.68. The Morgan fingerprint density at radius 2 is 1.93 bits per heavy atom. The predicted molar refractivity (Wildman–Crippen MR) is 121 cm³/mol. The van der Waals surface area contributed by atoms with Gasteiger partial charge in [-0.25, -0.2) is 4.98 Å². The maximum absolute atomic E-state index is 12.2. The van der Waals surface area contributed by atoms with Crippen molar-refractivity contribution in [2.24, 2.45) is 0 Å². The van der Waals surface area contributed by atoms with Gasteiger partial charge in [0.2, 0.25) is 0 Å². The summed E-state index contributed by atoms with van der Waals surface area (Å²) >= 11 is 3.03. The SMILES string of the molecule is CCc1sc(C(=O)NNC(=O)/C=C/c2ccc(OCc3csc(C)n3)cc2)cc1C. The van der Waals surface area contributed by atoms with Crippen molar-refractivity contribution in [1.29, 1.82) is 0 Å². The number of hydrogen-bond donors (Lipinski definition) is 2. The highest BCUT2D eigenvalue weighted by Gasteiger charge is 2.11. The monoisotopic (exact) mass is 441 g/mol. The van der Waals surface area contributed by atoms with E-state index in [1.54, 1.807) is 17.4 Å². The van der Waals surface area contributed by atoms with Crippen LogP contribution in [0.4, 0.5) is 0 Å². The summed E-state index contributed by atoms with van der Waals surface area (Å²) in [5, 5.41) is 2.99. The zero-order valence-corrected chi connectivity index (χ0v) is 18.7. The number of aromatic nitrogens is 1. The van der Waals surface area contributed by atoms with Gasteiger partial charge in [0.15, 0.2) is 0 Å². The second-order valence-electron chi connectivity index (χ2n) is 6.56. The zero-order valence-electron chi connectivity index (χ0n) is 17.0. The Kier molecular flexibility index (Phi) is 7.37. The molecule has 0 aliphatic carbocycles. The van der Waals surface area contributed by atoms with Gasteiger partial charge in [0.1, 0.15) is 12.4 Å². The Morgan fingerprint density at radius 3 is 2.57 bits per heavy atom. The van der Waals surface area contributed by atoms with E-state index in [2.05, 4.69) is 15.8 Å². The van der Waals surface area contributed by atoms with Crippen LogP contribution in [0, 0.1) is 13.8 Å². The number of ether oxygens (including phenoxy) is 1. The maximum Gasteiger partial charge on any atom is 0.279 e. The Hall–Kier alpha value is -2.97. The molecule has 0 radical (unpaired) electrons. The third kappa shape index (κ3) is 6.01. The molecule has 0 atom stereocenters. The van der Waals surface area contributed by atoms with E-state index < -0.39 is 5.91 Å². The standard InChI is InChI=1S/C22H23N3O3S2/c1-4-19-14(2)11-20(30-19)22(27)25-24-21(26)10-7-16-5-8-18(9-6-16)28-12-17-13-29-15(3)23-17/h5-11,13H,4,12H2,1-3H3,(H,24,26)(H,25,27)/b10-7+. The number of thiophene rings is 1. The quantitative estimate of drug-likeness (QED) is 0.420. The van der Waals surface area contributed by atoms with Crippen LogP contribution >= 0.6 is 22.7 Å². The fraction of sp³-hybridized carbons (Fsp3) is 0.227. The molecule has 0 fully saturated rings. The molecule has 30 heavy (non-hydrogen) atoms. The van der Waals surface area contributed by atoms with E-state index in [9.17, 15) is 9.59 Å². The summed E-state index contributed by atoms with van der Waals surface area (Å²) in [4.78, 5) is 30.2. The molecule has 3 rings (SSSR count). The van der Waals surface area contributed by atoms with E-state index in [0.717, 1.165) is 34.0 Å². The average molecular weight is 442 g/mol. The summed E-state index contributed by atoms with van der Waals surface area (Å²) in [6.07, 6.45) is 3.91. The highest BCUT2D eigenvalue weighted by molar-refractivity contribution is 7.14. The van der Waals surface area contributed by atoms with E-state index in [-0.39, 0.29) is 5.91 Å². The largest absolute Gasteiger partial charge is 0.487 e. The predicted octanol–water partition coefficient (Wildman–Crippen LogP) is 4.44. The lowest BCUT2D eigenvalue weighted by Gasteiger charge is -2.05. The van der Waals surface area contributed by atoms with Crippen LogP contribution in [0.3, 0.4) is 0 Å². The van der Waals surface area contributed by atoms with Gasteiger partial charge >= 0.3 is 0 Å². The highest BCUT2D eigenvalue weighted by Crippen LogP contribution is 2.22. The van der Waals surface area contributed by atoms with Crippen molar-refractivity contribution in [2.75, 3.05) is 0 Å². The summed E-state index contributed by atoms with van der Waals surface area (Å²) in [5.74, 6) is 0.000127. The van der Waals surface area contributed by atoms with E-state index in [0.29, 0.717) is 11.5 Å². The molecule has 8 heteroatoms. The van der Waals surface area contributed by atoms with Gasteiger partial charge in [-0.05, 0) is 55.7 Å². The van der Waals surface area contributed by atoms with E-state index in [4.69, 9.17) is 4.74 Å². The van der Waals surface area contributed by atoms with Crippen LogP contribution in [0.15, 0.2) is 41.8 Å². The second kappa shape index (κ2) is 10.2. The molecule has 6 nitrogen and oxygen atoms in total. The zero-order chi connectivity index (χ0) is 21.5.